The maximum Gasteiger partial charge on any atom is 0.303 e. The first-order chi connectivity index (χ1) is 8.23. The summed E-state index contributed by atoms with van der Waals surface area (Å²) in [5, 5.41) is 8.69. The molecule has 0 spiro atoms. The summed E-state index contributed by atoms with van der Waals surface area (Å²) in [4.78, 5) is 9.17. The Balaban J connectivity index is 3.05. The molecule has 0 amide bonds. The maximum absolute atomic E-state index is 11.3. The predicted molar refractivity (Wildman–Crippen MR) is 68.8 cm³/mol. The summed E-state index contributed by atoms with van der Waals surface area (Å²) in [5.41, 5.74) is 0.512. The summed E-state index contributed by atoms with van der Waals surface area (Å²) in [7, 11) is -3.55. The molecule has 0 aliphatic heterocycles. The number of alkyl halides is 1. The van der Waals surface area contributed by atoms with E-state index in [-0.39, 0.29) is 12.8 Å². The molecule has 5 nitrogen and oxygen atoms in total. The quantitative estimate of drug-likeness (QED) is 0.614. The number of halogens is 1. The van der Waals surface area contributed by atoms with Gasteiger partial charge in [0.2, 0.25) is 10.0 Å². The van der Waals surface area contributed by atoms with E-state index in [1.807, 2.05) is 0 Å². The van der Waals surface area contributed by atoms with E-state index in [0.29, 0.717) is 5.56 Å². The number of hydrogen-bond acceptors (Lipinski definition) is 3. The Morgan fingerprint density at radius 2 is 1.94 bits per heavy atom. The molecule has 0 saturated carbocycles. The summed E-state index contributed by atoms with van der Waals surface area (Å²) in [6.45, 7) is 0. The molecule has 0 fully saturated rings. The van der Waals surface area contributed by atoms with Gasteiger partial charge in [-0.25, -0.2) is 8.42 Å². The van der Waals surface area contributed by atoms with Crippen molar-refractivity contribution in [2.45, 2.75) is 17.8 Å². The lowest BCUT2D eigenvalue weighted by molar-refractivity contribution is -0.137. The van der Waals surface area contributed by atoms with E-state index in [1.54, 1.807) is 30.3 Å². The van der Waals surface area contributed by atoms with E-state index in [2.05, 4.69) is 4.72 Å². The number of carboxylic acids is 1. The highest BCUT2D eigenvalue weighted by Crippen LogP contribution is 2.31. The molecule has 1 rings (SSSR count). The number of benzene rings is 1. The smallest absolute Gasteiger partial charge is 0.303 e. The lowest BCUT2D eigenvalue weighted by atomic mass is 10.0. The molecule has 1 atom stereocenters. The zero-order valence-electron chi connectivity index (χ0n) is 9.76. The third-order valence-electron chi connectivity index (χ3n) is 2.26. The van der Waals surface area contributed by atoms with E-state index >= 15 is 0 Å². The first-order valence-corrected chi connectivity index (χ1v) is 7.45. The minimum atomic E-state index is -3.55. The highest BCUT2D eigenvalue weighted by Gasteiger charge is 2.33. The van der Waals surface area contributed by atoms with Crippen molar-refractivity contribution in [3.8, 4) is 0 Å². The first kappa shape index (κ1) is 14.9. The lowest BCUT2D eigenvalue weighted by Crippen LogP contribution is -2.41. The van der Waals surface area contributed by atoms with E-state index < -0.39 is 21.0 Å². The third kappa shape index (κ3) is 4.64. The maximum atomic E-state index is 11.3. The SMILES string of the molecule is CS(=O)(=O)NC(Cl)(CCC(=O)O)c1ccccc1. The molecule has 0 heterocycles. The molecular weight excluding hydrogens is 278 g/mol. The van der Waals surface area contributed by atoms with Gasteiger partial charge >= 0.3 is 5.97 Å². The topological polar surface area (TPSA) is 83.5 Å². The van der Waals surface area contributed by atoms with Crippen LogP contribution in [0.25, 0.3) is 0 Å². The molecule has 1 unspecified atom stereocenters. The molecular formula is C11H14ClNO4S. The fourth-order valence-electron chi connectivity index (χ4n) is 1.53. The van der Waals surface area contributed by atoms with Crippen LogP contribution in [0.1, 0.15) is 18.4 Å². The lowest BCUT2D eigenvalue weighted by Gasteiger charge is -2.27. The minimum absolute atomic E-state index is 0.0407. The number of hydrogen-bond donors (Lipinski definition) is 2. The Hall–Kier alpha value is -1.11. The van der Waals surface area contributed by atoms with Crippen LogP contribution in [0.4, 0.5) is 0 Å². The monoisotopic (exact) mass is 291 g/mol. The van der Waals surface area contributed by atoms with Gasteiger partial charge in [-0.15, -0.1) is 0 Å². The number of nitrogens with one attached hydrogen (secondary N) is 1. The molecule has 0 aliphatic carbocycles. The largest absolute Gasteiger partial charge is 0.481 e. The second-order valence-corrected chi connectivity index (χ2v) is 6.33. The fraction of sp³-hybridized carbons (Fsp3) is 0.364. The van der Waals surface area contributed by atoms with Crippen molar-refractivity contribution in [1.82, 2.24) is 4.72 Å². The van der Waals surface area contributed by atoms with Gasteiger partial charge in [-0.05, 0) is 12.0 Å². The third-order valence-corrected chi connectivity index (χ3v) is 3.59. The highest BCUT2D eigenvalue weighted by atomic mass is 35.5. The van der Waals surface area contributed by atoms with Crippen molar-refractivity contribution < 1.29 is 18.3 Å². The molecule has 2 N–H and O–H groups in total. The van der Waals surface area contributed by atoms with Crippen LogP contribution < -0.4 is 4.72 Å². The van der Waals surface area contributed by atoms with E-state index in [4.69, 9.17) is 16.7 Å². The Bertz CT molecular complexity index is 517. The minimum Gasteiger partial charge on any atom is -0.481 e. The van der Waals surface area contributed by atoms with Crippen molar-refractivity contribution in [3.63, 3.8) is 0 Å². The molecule has 1 aromatic rings. The van der Waals surface area contributed by atoms with Crippen LogP contribution in [0, 0.1) is 0 Å². The number of sulfonamides is 1. The Morgan fingerprint density at radius 3 is 2.39 bits per heavy atom. The van der Waals surface area contributed by atoms with Crippen LogP contribution in [-0.4, -0.2) is 25.7 Å². The summed E-state index contributed by atoms with van der Waals surface area (Å²) in [5.74, 6) is -1.04. The van der Waals surface area contributed by atoms with Gasteiger partial charge in [0.25, 0.3) is 0 Å². The van der Waals surface area contributed by atoms with Gasteiger partial charge < -0.3 is 5.11 Å². The Labute approximate surface area is 111 Å². The first-order valence-electron chi connectivity index (χ1n) is 5.18. The van der Waals surface area contributed by atoms with Crippen molar-refractivity contribution in [1.29, 1.82) is 0 Å². The average Bonchev–Trinajstić information content (AvgIpc) is 2.25. The predicted octanol–water partition coefficient (Wildman–Crippen LogP) is 1.49. The van der Waals surface area contributed by atoms with Crippen molar-refractivity contribution in [3.05, 3.63) is 35.9 Å². The number of aliphatic carboxylic acids is 1. The van der Waals surface area contributed by atoms with Crippen molar-refractivity contribution >= 4 is 27.6 Å². The molecule has 100 valence electrons. The second-order valence-electron chi connectivity index (χ2n) is 3.94. The van der Waals surface area contributed by atoms with Crippen LogP contribution in [-0.2, 0) is 19.8 Å². The van der Waals surface area contributed by atoms with Gasteiger partial charge in [0.1, 0.15) is 5.00 Å². The zero-order valence-corrected chi connectivity index (χ0v) is 11.3. The van der Waals surface area contributed by atoms with E-state index in [1.165, 1.54) is 0 Å². The highest BCUT2D eigenvalue weighted by molar-refractivity contribution is 7.88. The second kappa shape index (κ2) is 5.69. The van der Waals surface area contributed by atoms with Crippen LogP contribution in [0.3, 0.4) is 0 Å². The molecule has 0 saturated heterocycles. The van der Waals surface area contributed by atoms with Gasteiger partial charge in [0, 0.05) is 6.42 Å². The van der Waals surface area contributed by atoms with Crippen molar-refractivity contribution in [2.24, 2.45) is 0 Å². The Kier molecular flexibility index (Phi) is 4.72. The van der Waals surface area contributed by atoms with Gasteiger partial charge in [0.15, 0.2) is 0 Å². The standard InChI is InChI=1S/C11H14ClNO4S/c1-18(16,17)13-11(12,8-7-10(14)15)9-5-3-2-4-6-9/h2-6,13H,7-8H2,1H3,(H,14,15). The van der Waals surface area contributed by atoms with Crippen LogP contribution in [0.15, 0.2) is 30.3 Å². The zero-order chi connectivity index (χ0) is 13.8. The van der Waals surface area contributed by atoms with E-state index in [9.17, 15) is 13.2 Å². The molecule has 1 aromatic carbocycles. The van der Waals surface area contributed by atoms with Crippen LogP contribution >= 0.6 is 11.6 Å². The van der Waals surface area contributed by atoms with Crippen LogP contribution in [0.5, 0.6) is 0 Å². The number of carbonyl (C=O) groups is 1. The van der Waals surface area contributed by atoms with Gasteiger partial charge in [-0.2, -0.15) is 4.72 Å². The summed E-state index contributed by atoms with van der Waals surface area (Å²) in [6.07, 6.45) is 0.704. The number of rotatable bonds is 6. The van der Waals surface area contributed by atoms with Gasteiger partial charge in [-0.1, -0.05) is 41.9 Å². The molecule has 0 aromatic heterocycles. The summed E-state index contributed by atoms with van der Waals surface area (Å²) >= 11 is 6.24. The molecule has 7 heteroatoms. The summed E-state index contributed by atoms with van der Waals surface area (Å²) in [6, 6.07) is 8.47. The molecule has 0 aliphatic rings. The molecule has 0 radical (unpaired) electrons. The van der Waals surface area contributed by atoms with Crippen LogP contribution in [0.2, 0.25) is 0 Å². The Morgan fingerprint density at radius 1 is 1.39 bits per heavy atom. The van der Waals surface area contributed by atoms with Crippen molar-refractivity contribution in [2.75, 3.05) is 6.26 Å². The molecule has 0 bridgehead atoms. The van der Waals surface area contributed by atoms with E-state index in [0.717, 1.165) is 6.26 Å². The summed E-state index contributed by atoms with van der Waals surface area (Å²) < 4.78 is 24.9. The molecule has 18 heavy (non-hydrogen) atoms. The van der Waals surface area contributed by atoms with Gasteiger partial charge in [-0.3, -0.25) is 4.79 Å². The number of carboxylic acid groups (broad SMARTS) is 1. The fourth-order valence-corrected chi connectivity index (χ4v) is 2.98. The normalized spacial score (nSPS) is 15.0. The average molecular weight is 292 g/mol. The van der Waals surface area contributed by atoms with Gasteiger partial charge in [0.05, 0.1) is 6.26 Å².